The largest absolute Gasteiger partial charge is 0.490 e. The second-order valence-corrected chi connectivity index (χ2v) is 4.77. The lowest BCUT2D eigenvalue weighted by atomic mass is 9.96. The van der Waals surface area contributed by atoms with Gasteiger partial charge in [-0.15, -0.1) is 11.8 Å². The first-order chi connectivity index (χ1) is 7.72. The zero-order valence-electron chi connectivity index (χ0n) is 9.32. The number of hydrogen-bond acceptors (Lipinski definition) is 3. The molecular formula is C12H16N2OS. The van der Waals surface area contributed by atoms with Crippen molar-refractivity contribution in [3.05, 3.63) is 23.8 Å². The molecule has 1 aliphatic carbocycles. The Bertz CT molecular complexity index is 402. The third kappa shape index (κ3) is 2.16. The number of thioether (sulfide) groups is 1. The summed E-state index contributed by atoms with van der Waals surface area (Å²) in [4.78, 5) is 1.00. The summed E-state index contributed by atoms with van der Waals surface area (Å²) >= 11 is 1.59. The van der Waals surface area contributed by atoms with E-state index in [0.29, 0.717) is 6.10 Å². The van der Waals surface area contributed by atoms with E-state index >= 15 is 0 Å². The number of rotatable bonds is 4. The van der Waals surface area contributed by atoms with Crippen molar-refractivity contribution in [3.63, 3.8) is 0 Å². The lowest BCUT2D eigenvalue weighted by Gasteiger charge is -2.27. The molecule has 0 unspecified atom stereocenters. The molecule has 0 spiro atoms. The highest BCUT2D eigenvalue weighted by Gasteiger charge is 2.21. The first-order valence-corrected chi connectivity index (χ1v) is 6.63. The van der Waals surface area contributed by atoms with Gasteiger partial charge in [-0.25, -0.2) is 0 Å². The van der Waals surface area contributed by atoms with E-state index in [-0.39, 0.29) is 5.84 Å². The van der Waals surface area contributed by atoms with Crippen molar-refractivity contribution in [1.82, 2.24) is 0 Å². The van der Waals surface area contributed by atoms with Gasteiger partial charge in [-0.2, -0.15) is 0 Å². The topological polar surface area (TPSA) is 59.1 Å². The van der Waals surface area contributed by atoms with Crippen LogP contribution >= 0.6 is 11.8 Å². The van der Waals surface area contributed by atoms with Crippen LogP contribution in [0.3, 0.4) is 0 Å². The lowest BCUT2D eigenvalue weighted by molar-refractivity contribution is 0.120. The Morgan fingerprint density at radius 3 is 2.75 bits per heavy atom. The molecule has 0 aliphatic heterocycles. The minimum atomic E-state index is 0.0827. The first kappa shape index (κ1) is 11.3. The molecule has 1 fully saturated rings. The second-order valence-electron chi connectivity index (χ2n) is 3.92. The predicted molar refractivity (Wildman–Crippen MR) is 67.5 cm³/mol. The Kier molecular flexibility index (Phi) is 3.39. The summed E-state index contributed by atoms with van der Waals surface area (Å²) in [5.41, 5.74) is 6.35. The zero-order chi connectivity index (χ0) is 11.5. The first-order valence-electron chi connectivity index (χ1n) is 5.40. The molecule has 0 bridgehead atoms. The molecule has 0 saturated heterocycles. The van der Waals surface area contributed by atoms with Crippen LogP contribution in [0.15, 0.2) is 23.1 Å². The molecule has 1 aliphatic rings. The summed E-state index contributed by atoms with van der Waals surface area (Å²) in [6.07, 6.45) is 5.76. The molecule has 0 amide bonds. The summed E-state index contributed by atoms with van der Waals surface area (Å²) in [6.45, 7) is 0. The van der Waals surface area contributed by atoms with Crippen LogP contribution in [0.4, 0.5) is 0 Å². The predicted octanol–water partition coefficient (Wildman–Crippen LogP) is 2.62. The highest BCUT2D eigenvalue weighted by atomic mass is 32.2. The highest BCUT2D eigenvalue weighted by Crippen LogP contribution is 2.32. The monoisotopic (exact) mass is 236 g/mol. The maximum atomic E-state index is 7.62. The van der Waals surface area contributed by atoms with Crippen molar-refractivity contribution < 1.29 is 4.74 Å². The fraction of sp³-hybridized carbons (Fsp3) is 0.417. The molecule has 0 atom stereocenters. The van der Waals surface area contributed by atoms with Gasteiger partial charge in [0, 0.05) is 4.90 Å². The van der Waals surface area contributed by atoms with E-state index in [2.05, 4.69) is 0 Å². The van der Waals surface area contributed by atoms with Crippen LogP contribution in [-0.4, -0.2) is 18.2 Å². The Morgan fingerprint density at radius 1 is 1.50 bits per heavy atom. The van der Waals surface area contributed by atoms with E-state index < -0.39 is 0 Å². The average molecular weight is 236 g/mol. The highest BCUT2D eigenvalue weighted by molar-refractivity contribution is 7.98. The molecule has 86 valence electrons. The summed E-state index contributed by atoms with van der Waals surface area (Å²) in [6, 6.07) is 5.82. The minimum absolute atomic E-state index is 0.0827. The van der Waals surface area contributed by atoms with Gasteiger partial charge in [0.1, 0.15) is 11.6 Å². The van der Waals surface area contributed by atoms with Gasteiger partial charge < -0.3 is 10.5 Å². The van der Waals surface area contributed by atoms with E-state index in [1.54, 1.807) is 11.8 Å². The third-order valence-corrected chi connectivity index (χ3v) is 3.60. The van der Waals surface area contributed by atoms with Gasteiger partial charge in [-0.05, 0) is 37.7 Å². The molecule has 0 radical (unpaired) electrons. The fourth-order valence-corrected chi connectivity index (χ4v) is 2.34. The Labute approximate surface area is 99.9 Å². The van der Waals surface area contributed by atoms with Crippen molar-refractivity contribution in [2.24, 2.45) is 5.73 Å². The molecular weight excluding hydrogens is 220 g/mol. The van der Waals surface area contributed by atoms with Crippen molar-refractivity contribution in [3.8, 4) is 5.75 Å². The maximum absolute atomic E-state index is 7.62. The molecule has 2 rings (SSSR count). The lowest BCUT2D eigenvalue weighted by Crippen LogP contribution is -2.26. The van der Waals surface area contributed by atoms with E-state index in [1.807, 2.05) is 24.5 Å². The van der Waals surface area contributed by atoms with E-state index in [0.717, 1.165) is 29.1 Å². The van der Waals surface area contributed by atoms with Gasteiger partial charge in [0.05, 0.1) is 11.7 Å². The molecule has 16 heavy (non-hydrogen) atoms. The van der Waals surface area contributed by atoms with Crippen LogP contribution in [-0.2, 0) is 0 Å². The third-order valence-electron chi connectivity index (χ3n) is 2.82. The quantitative estimate of drug-likeness (QED) is 0.480. The van der Waals surface area contributed by atoms with Gasteiger partial charge in [-0.3, -0.25) is 5.41 Å². The number of nitrogens with one attached hydrogen (secondary N) is 1. The van der Waals surface area contributed by atoms with E-state index in [4.69, 9.17) is 15.9 Å². The Morgan fingerprint density at radius 2 is 2.25 bits per heavy atom. The zero-order valence-corrected chi connectivity index (χ0v) is 10.1. The number of nitrogens with two attached hydrogens (primary N) is 1. The van der Waals surface area contributed by atoms with Crippen LogP contribution in [0.2, 0.25) is 0 Å². The number of ether oxygens (including phenoxy) is 1. The maximum Gasteiger partial charge on any atom is 0.131 e. The van der Waals surface area contributed by atoms with Gasteiger partial charge in [0.15, 0.2) is 0 Å². The van der Waals surface area contributed by atoms with Gasteiger partial charge in [0.25, 0.3) is 0 Å². The van der Waals surface area contributed by atoms with Crippen LogP contribution < -0.4 is 10.5 Å². The smallest absolute Gasteiger partial charge is 0.131 e. The SMILES string of the molecule is CSc1cccc(OC2CCC2)c1C(=N)N. The molecule has 1 aromatic rings. The number of hydrogen-bond donors (Lipinski definition) is 2. The molecule has 1 saturated carbocycles. The Balaban J connectivity index is 2.30. The van der Waals surface area contributed by atoms with Crippen molar-refractivity contribution in [1.29, 1.82) is 5.41 Å². The second kappa shape index (κ2) is 4.78. The van der Waals surface area contributed by atoms with Crippen LogP contribution in [0, 0.1) is 5.41 Å². The van der Waals surface area contributed by atoms with Gasteiger partial charge >= 0.3 is 0 Å². The van der Waals surface area contributed by atoms with Crippen LogP contribution in [0.25, 0.3) is 0 Å². The minimum Gasteiger partial charge on any atom is -0.490 e. The molecule has 4 heteroatoms. The molecule has 3 N–H and O–H groups in total. The number of nitrogen functional groups attached to an aromatic ring is 1. The average Bonchev–Trinajstić information content (AvgIpc) is 2.22. The number of amidine groups is 1. The molecule has 0 aromatic heterocycles. The summed E-state index contributed by atoms with van der Waals surface area (Å²) in [5, 5.41) is 7.62. The van der Waals surface area contributed by atoms with Gasteiger partial charge in [0.2, 0.25) is 0 Å². The summed E-state index contributed by atoms with van der Waals surface area (Å²) < 4.78 is 5.85. The molecule has 1 aromatic carbocycles. The molecule has 0 heterocycles. The summed E-state index contributed by atoms with van der Waals surface area (Å²) in [5.74, 6) is 0.836. The van der Waals surface area contributed by atoms with Crippen molar-refractivity contribution in [2.45, 2.75) is 30.3 Å². The fourth-order valence-electron chi connectivity index (χ4n) is 1.71. The van der Waals surface area contributed by atoms with E-state index in [9.17, 15) is 0 Å². The number of benzene rings is 1. The molecule has 3 nitrogen and oxygen atoms in total. The summed E-state index contributed by atoms with van der Waals surface area (Å²) in [7, 11) is 0. The van der Waals surface area contributed by atoms with Crippen LogP contribution in [0.1, 0.15) is 24.8 Å². The van der Waals surface area contributed by atoms with Crippen LogP contribution in [0.5, 0.6) is 5.75 Å². The van der Waals surface area contributed by atoms with E-state index in [1.165, 1.54) is 6.42 Å². The van der Waals surface area contributed by atoms with Crippen molar-refractivity contribution in [2.75, 3.05) is 6.26 Å². The normalized spacial score (nSPS) is 15.6. The Hall–Kier alpha value is -1.16. The van der Waals surface area contributed by atoms with Crippen molar-refractivity contribution >= 4 is 17.6 Å². The standard InChI is InChI=1S/C12H16N2OS/c1-16-10-7-3-6-9(11(10)12(13)14)15-8-4-2-5-8/h3,6-8H,2,4-5H2,1H3,(H3,13,14). The van der Waals surface area contributed by atoms with Gasteiger partial charge in [-0.1, -0.05) is 6.07 Å².